The van der Waals surface area contributed by atoms with Gasteiger partial charge < -0.3 is 9.97 Å². The zero-order valence-electron chi connectivity index (χ0n) is 9.38. The molecule has 0 fully saturated rings. The number of nitrogens with zero attached hydrogens (tertiary/aromatic N) is 3. The molecule has 0 unspecified atom stereocenters. The molecule has 7 heteroatoms. The second kappa shape index (κ2) is 4.58. The Labute approximate surface area is 102 Å². The van der Waals surface area contributed by atoms with Gasteiger partial charge in [0.15, 0.2) is 17.5 Å². The highest BCUT2D eigenvalue weighted by atomic mass is 15.2. The van der Waals surface area contributed by atoms with Crippen molar-refractivity contribution in [3.63, 3.8) is 0 Å². The Morgan fingerprint density at radius 1 is 0.722 bits per heavy atom. The van der Waals surface area contributed by atoms with Crippen LogP contribution in [0.5, 0.6) is 0 Å². The topological polar surface area (TPSA) is 102 Å². The van der Waals surface area contributed by atoms with Gasteiger partial charge in [0.05, 0.1) is 5.69 Å². The van der Waals surface area contributed by atoms with Crippen LogP contribution in [0.1, 0.15) is 0 Å². The summed E-state index contributed by atoms with van der Waals surface area (Å²) >= 11 is 0. The molecule has 3 aromatic heterocycles. The van der Waals surface area contributed by atoms with Crippen molar-refractivity contribution >= 4 is 0 Å². The molecule has 0 saturated heterocycles. The van der Waals surface area contributed by atoms with Gasteiger partial charge in [-0.3, -0.25) is 10.2 Å². The van der Waals surface area contributed by atoms with Crippen molar-refractivity contribution in [2.24, 2.45) is 0 Å². The van der Waals surface area contributed by atoms with Gasteiger partial charge in [-0.05, 0) is 12.1 Å². The summed E-state index contributed by atoms with van der Waals surface area (Å²) in [5.41, 5.74) is 0.815. The Morgan fingerprint density at radius 3 is 2.17 bits per heavy atom. The molecule has 0 bridgehead atoms. The maximum Gasteiger partial charge on any atom is 0.188 e. The van der Waals surface area contributed by atoms with Gasteiger partial charge in [0.25, 0.3) is 0 Å². The van der Waals surface area contributed by atoms with Crippen LogP contribution in [0.15, 0.2) is 43.1 Å². The number of rotatable bonds is 2. The Kier molecular flexibility index (Phi) is 2.63. The van der Waals surface area contributed by atoms with Crippen LogP contribution in [0.3, 0.4) is 0 Å². The van der Waals surface area contributed by atoms with Crippen molar-refractivity contribution in [1.29, 1.82) is 0 Å². The van der Waals surface area contributed by atoms with Crippen molar-refractivity contribution in [3.05, 3.63) is 43.1 Å². The lowest BCUT2D eigenvalue weighted by Gasteiger charge is -1.97. The van der Waals surface area contributed by atoms with Crippen LogP contribution in [0.25, 0.3) is 23.2 Å². The third-order valence-corrected chi connectivity index (χ3v) is 2.34. The van der Waals surface area contributed by atoms with Gasteiger partial charge in [-0.1, -0.05) is 0 Å². The molecule has 0 aliphatic heterocycles. The van der Waals surface area contributed by atoms with Crippen LogP contribution >= 0.6 is 0 Å². The quantitative estimate of drug-likeness (QED) is 0.548. The standard InChI is InChI=1S/C11H11N7/c1-2-8(9-13-4-5-14-9)17-18-11(12-3-1)10-15-6-7-16-10/h1-7,17H,(H,12,18)(H,13,14)(H,15,16). The summed E-state index contributed by atoms with van der Waals surface area (Å²) in [5.74, 6) is 2.01. The van der Waals surface area contributed by atoms with E-state index >= 15 is 0 Å². The molecule has 0 spiro atoms. The molecule has 0 amide bonds. The molecule has 0 aliphatic carbocycles. The van der Waals surface area contributed by atoms with E-state index in [9.17, 15) is 0 Å². The summed E-state index contributed by atoms with van der Waals surface area (Å²) in [5, 5.41) is 6.03. The Morgan fingerprint density at radius 2 is 1.44 bits per heavy atom. The fourth-order valence-corrected chi connectivity index (χ4v) is 1.52. The SMILES string of the molecule is c1cnc(-c2ncc[nH]2)[nH][nH]c(-c2ncc[nH]2)c1. The van der Waals surface area contributed by atoms with Gasteiger partial charge in [-0.2, -0.15) is 0 Å². The summed E-state index contributed by atoms with van der Waals surface area (Å²) < 4.78 is 0. The highest BCUT2D eigenvalue weighted by molar-refractivity contribution is 5.47. The Hall–Kier alpha value is -2.83. The van der Waals surface area contributed by atoms with Crippen molar-refractivity contribution in [2.75, 3.05) is 0 Å². The summed E-state index contributed by atoms with van der Waals surface area (Å²) in [6.45, 7) is 0. The van der Waals surface area contributed by atoms with Crippen LogP contribution in [0.2, 0.25) is 0 Å². The second-order valence-electron chi connectivity index (χ2n) is 3.53. The molecular weight excluding hydrogens is 230 g/mol. The molecule has 0 aliphatic rings. The molecular formula is C11H11N7. The predicted molar refractivity (Wildman–Crippen MR) is 65.7 cm³/mol. The summed E-state index contributed by atoms with van der Waals surface area (Å²) in [6, 6.07) is 3.70. The third kappa shape index (κ3) is 2.01. The van der Waals surface area contributed by atoms with Crippen LogP contribution in [-0.4, -0.2) is 35.1 Å². The number of nitrogens with one attached hydrogen (secondary N) is 4. The average molecular weight is 241 g/mol. The molecule has 3 aromatic rings. The monoisotopic (exact) mass is 241 g/mol. The first-order chi connectivity index (χ1) is 8.93. The van der Waals surface area contributed by atoms with E-state index in [0.29, 0.717) is 11.6 Å². The fraction of sp³-hybridized carbons (Fsp3) is 0. The van der Waals surface area contributed by atoms with Gasteiger partial charge >= 0.3 is 0 Å². The minimum absolute atomic E-state index is 0.605. The van der Waals surface area contributed by atoms with E-state index in [1.54, 1.807) is 31.0 Å². The molecule has 0 radical (unpaired) electrons. The van der Waals surface area contributed by atoms with Crippen LogP contribution < -0.4 is 0 Å². The largest absolute Gasteiger partial charge is 0.343 e. The zero-order chi connectivity index (χ0) is 12.2. The Balaban J connectivity index is 2.08. The number of H-pyrrole nitrogens is 4. The number of aromatic amines is 4. The summed E-state index contributed by atoms with van der Waals surface area (Å²) in [7, 11) is 0. The summed E-state index contributed by atoms with van der Waals surface area (Å²) in [6.07, 6.45) is 8.56. The molecule has 3 rings (SSSR count). The van der Waals surface area contributed by atoms with E-state index in [1.807, 2.05) is 12.1 Å². The first-order valence-corrected chi connectivity index (χ1v) is 5.39. The summed E-state index contributed by atoms with van der Waals surface area (Å²) in [4.78, 5) is 18.6. The zero-order valence-corrected chi connectivity index (χ0v) is 9.38. The minimum Gasteiger partial charge on any atom is -0.343 e. The highest BCUT2D eigenvalue weighted by Crippen LogP contribution is 2.09. The smallest absolute Gasteiger partial charge is 0.188 e. The highest BCUT2D eigenvalue weighted by Gasteiger charge is 2.00. The molecule has 7 nitrogen and oxygen atoms in total. The molecule has 90 valence electrons. The van der Waals surface area contributed by atoms with Crippen LogP contribution in [0, 0.1) is 0 Å². The van der Waals surface area contributed by atoms with E-state index in [2.05, 4.69) is 35.1 Å². The molecule has 4 N–H and O–H groups in total. The molecule has 18 heavy (non-hydrogen) atoms. The van der Waals surface area contributed by atoms with Gasteiger partial charge in [-0.15, -0.1) is 0 Å². The van der Waals surface area contributed by atoms with E-state index in [0.717, 1.165) is 11.5 Å². The van der Waals surface area contributed by atoms with Gasteiger partial charge in [-0.25, -0.2) is 15.0 Å². The minimum atomic E-state index is 0.605. The van der Waals surface area contributed by atoms with E-state index in [-0.39, 0.29) is 0 Å². The van der Waals surface area contributed by atoms with Crippen molar-refractivity contribution in [1.82, 2.24) is 35.1 Å². The van der Waals surface area contributed by atoms with Crippen molar-refractivity contribution < 1.29 is 0 Å². The molecule has 3 heterocycles. The van der Waals surface area contributed by atoms with Crippen LogP contribution in [-0.2, 0) is 0 Å². The van der Waals surface area contributed by atoms with E-state index in [1.165, 1.54) is 0 Å². The van der Waals surface area contributed by atoms with Crippen LogP contribution in [0.4, 0.5) is 0 Å². The predicted octanol–water partition coefficient (Wildman–Crippen LogP) is 1.64. The maximum absolute atomic E-state index is 4.23. The lowest BCUT2D eigenvalue weighted by Crippen LogP contribution is -1.92. The maximum atomic E-state index is 4.23. The van der Waals surface area contributed by atoms with Crippen molar-refractivity contribution in [3.8, 4) is 23.2 Å². The molecule has 0 atom stereocenters. The average Bonchev–Trinajstić information content (AvgIpc) is 3.01. The molecule has 0 aromatic carbocycles. The molecule has 0 saturated carbocycles. The number of hydrogen-bond acceptors (Lipinski definition) is 3. The Bertz CT molecular complexity index is 585. The van der Waals surface area contributed by atoms with Crippen molar-refractivity contribution in [2.45, 2.75) is 0 Å². The first kappa shape index (κ1) is 10.3. The fourth-order valence-electron chi connectivity index (χ4n) is 1.52. The number of aromatic nitrogens is 7. The third-order valence-electron chi connectivity index (χ3n) is 2.34. The number of imidazole rings is 2. The lowest BCUT2D eigenvalue weighted by molar-refractivity contribution is 0.989. The lowest BCUT2D eigenvalue weighted by atomic mass is 10.4. The van der Waals surface area contributed by atoms with Gasteiger partial charge in [0.1, 0.15) is 0 Å². The van der Waals surface area contributed by atoms with E-state index < -0.39 is 0 Å². The van der Waals surface area contributed by atoms with E-state index in [4.69, 9.17) is 0 Å². The van der Waals surface area contributed by atoms with Gasteiger partial charge in [0, 0.05) is 31.0 Å². The first-order valence-electron chi connectivity index (χ1n) is 5.39. The number of hydrogen-bond donors (Lipinski definition) is 4. The van der Waals surface area contributed by atoms with Gasteiger partial charge in [0.2, 0.25) is 0 Å². The second-order valence-corrected chi connectivity index (χ2v) is 3.53. The normalized spacial score (nSPS) is 10.2.